The maximum absolute atomic E-state index is 13.7. The van der Waals surface area contributed by atoms with Gasteiger partial charge < -0.3 is 0 Å². The molecule has 0 unspecified atom stereocenters. The zero-order valence-electron chi connectivity index (χ0n) is 14.8. The molecule has 0 spiro atoms. The van der Waals surface area contributed by atoms with Crippen LogP contribution in [0.3, 0.4) is 0 Å². The number of aromatic nitrogens is 1. The molecule has 1 aromatic heterocycles. The minimum absolute atomic E-state index is 0.0416. The van der Waals surface area contributed by atoms with E-state index in [2.05, 4.69) is 9.71 Å². The van der Waals surface area contributed by atoms with E-state index in [-0.39, 0.29) is 30.4 Å². The summed E-state index contributed by atoms with van der Waals surface area (Å²) in [7, 11) is -7.76. The maximum Gasteiger partial charge on any atom is 0.244 e. The predicted octanol–water partition coefficient (Wildman–Crippen LogP) is 1.74. The summed E-state index contributed by atoms with van der Waals surface area (Å²) in [4.78, 5) is 3.31. The second-order valence-corrected chi connectivity index (χ2v) is 10.1. The third kappa shape index (κ3) is 4.54. The predicted molar refractivity (Wildman–Crippen MR) is 97.3 cm³/mol. The molecule has 1 saturated heterocycles. The fourth-order valence-corrected chi connectivity index (χ4v) is 5.61. The van der Waals surface area contributed by atoms with Crippen molar-refractivity contribution in [2.24, 2.45) is 5.92 Å². The van der Waals surface area contributed by atoms with Crippen molar-refractivity contribution in [3.63, 3.8) is 0 Å². The lowest BCUT2D eigenvalue weighted by Gasteiger charge is -2.31. The van der Waals surface area contributed by atoms with Crippen LogP contribution in [0.25, 0.3) is 0 Å². The number of benzene rings is 1. The average Bonchev–Trinajstić information content (AvgIpc) is 2.67. The lowest BCUT2D eigenvalue weighted by atomic mass is 9.99. The topological polar surface area (TPSA) is 96.4 Å². The quantitative estimate of drug-likeness (QED) is 0.752. The van der Waals surface area contributed by atoms with E-state index >= 15 is 0 Å². The molecule has 28 heavy (non-hydrogen) atoms. The van der Waals surface area contributed by atoms with Crippen molar-refractivity contribution >= 4 is 20.0 Å². The van der Waals surface area contributed by atoms with Gasteiger partial charge in [-0.1, -0.05) is 0 Å². The van der Waals surface area contributed by atoms with E-state index in [0.717, 1.165) is 12.1 Å². The first-order valence-electron chi connectivity index (χ1n) is 8.55. The van der Waals surface area contributed by atoms with Gasteiger partial charge in [0, 0.05) is 38.1 Å². The second-order valence-electron chi connectivity index (χ2n) is 6.46. The number of nitrogens with one attached hydrogen (secondary N) is 1. The van der Waals surface area contributed by atoms with Gasteiger partial charge in [0.25, 0.3) is 0 Å². The Hall–Kier alpha value is -1.95. The number of piperidine rings is 1. The van der Waals surface area contributed by atoms with Crippen molar-refractivity contribution in [3.8, 4) is 0 Å². The standard InChI is InChI=1S/C17H19F2N3O4S2/c18-14-3-4-17(16(19)10-14)27(23,24)21-11-13-5-8-22(9-6-13)28(25,26)15-2-1-7-20-12-15/h1-4,7,10,12-13,21H,5-6,8-9,11H2. The molecule has 0 bridgehead atoms. The third-order valence-corrected chi connectivity index (χ3v) is 7.93. The lowest BCUT2D eigenvalue weighted by molar-refractivity contribution is 0.274. The van der Waals surface area contributed by atoms with E-state index in [1.54, 1.807) is 6.07 Å². The van der Waals surface area contributed by atoms with Crippen LogP contribution in [0.1, 0.15) is 12.8 Å². The lowest BCUT2D eigenvalue weighted by Crippen LogP contribution is -2.41. The molecule has 1 fully saturated rings. The van der Waals surface area contributed by atoms with Crippen molar-refractivity contribution < 1.29 is 25.6 Å². The first-order valence-corrected chi connectivity index (χ1v) is 11.5. The highest BCUT2D eigenvalue weighted by Crippen LogP contribution is 2.24. The molecule has 0 aliphatic carbocycles. The Labute approximate surface area is 162 Å². The van der Waals surface area contributed by atoms with Gasteiger partial charge in [-0.05, 0) is 43.0 Å². The van der Waals surface area contributed by atoms with E-state index in [0.29, 0.717) is 18.9 Å². The van der Waals surface area contributed by atoms with E-state index in [1.807, 2.05) is 0 Å². The first-order chi connectivity index (χ1) is 13.2. The van der Waals surface area contributed by atoms with Crippen LogP contribution in [-0.4, -0.2) is 45.8 Å². The number of hydrogen-bond donors (Lipinski definition) is 1. The molecule has 1 aromatic carbocycles. The van der Waals surface area contributed by atoms with Crippen LogP contribution < -0.4 is 4.72 Å². The van der Waals surface area contributed by atoms with Gasteiger partial charge in [-0.3, -0.25) is 4.98 Å². The SMILES string of the molecule is O=S(=O)(NCC1CCN(S(=O)(=O)c2cccnc2)CC1)c1ccc(F)cc1F. The molecule has 11 heteroatoms. The summed E-state index contributed by atoms with van der Waals surface area (Å²) in [6, 6.07) is 5.27. The summed E-state index contributed by atoms with van der Waals surface area (Å²) >= 11 is 0. The molecule has 0 radical (unpaired) electrons. The van der Waals surface area contributed by atoms with Crippen molar-refractivity contribution in [1.29, 1.82) is 0 Å². The molecule has 1 N–H and O–H groups in total. The number of nitrogens with zero attached hydrogens (tertiary/aromatic N) is 2. The van der Waals surface area contributed by atoms with Crippen LogP contribution in [0.15, 0.2) is 52.5 Å². The van der Waals surface area contributed by atoms with Crippen LogP contribution >= 0.6 is 0 Å². The van der Waals surface area contributed by atoms with Crippen LogP contribution in [0, 0.1) is 17.6 Å². The van der Waals surface area contributed by atoms with Gasteiger partial charge in [0.15, 0.2) is 0 Å². The molecule has 0 saturated carbocycles. The van der Waals surface area contributed by atoms with E-state index < -0.39 is 36.6 Å². The van der Waals surface area contributed by atoms with Crippen molar-refractivity contribution in [3.05, 3.63) is 54.4 Å². The van der Waals surface area contributed by atoms with E-state index in [9.17, 15) is 25.6 Å². The van der Waals surface area contributed by atoms with Gasteiger partial charge in [-0.15, -0.1) is 0 Å². The molecule has 1 aliphatic rings. The minimum Gasteiger partial charge on any atom is -0.263 e. The maximum atomic E-state index is 13.7. The van der Waals surface area contributed by atoms with Crippen LogP contribution in [-0.2, 0) is 20.0 Å². The number of hydrogen-bond acceptors (Lipinski definition) is 5. The Bertz CT molecular complexity index is 1040. The molecule has 0 amide bonds. The van der Waals surface area contributed by atoms with Crippen LogP contribution in [0.5, 0.6) is 0 Å². The molecule has 3 rings (SSSR count). The third-order valence-electron chi connectivity index (χ3n) is 4.59. The van der Waals surface area contributed by atoms with Gasteiger partial charge in [-0.2, -0.15) is 4.31 Å². The minimum atomic E-state index is -4.12. The van der Waals surface area contributed by atoms with E-state index in [1.165, 1.54) is 22.8 Å². The number of halogens is 2. The fourth-order valence-electron chi connectivity index (χ4n) is 3.00. The van der Waals surface area contributed by atoms with Crippen LogP contribution in [0.2, 0.25) is 0 Å². The van der Waals surface area contributed by atoms with Crippen molar-refractivity contribution in [2.45, 2.75) is 22.6 Å². The molecule has 1 aliphatic heterocycles. The molecule has 7 nitrogen and oxygen atoms in total. The van der Waals surface area contributed by atoms with Gasteiger partial charge in [-0.25, -0.2) is 30.3 Å². The summed E-state index contributed by atoms with van der Waals surface area (Å²) in [5, 5.41) is 0. The molecular formula is C17H19F2N3O4S2. The van der Waals surface area contributed by atoms with Crippen LogP contribution in [0.4, 0.5) is 8.78 Å². The summed E-state index contributed by atoms with van der Waals surface area (Å²) in [5.41, 5.74) is 0. The smallest absolute Gasteiger partial charge is 0.244 e. The van der Waals surface area contributed by atoms with E-state index in [4.69, 9.17) is 0 Å². The van der Waals surface area contributed by atoms with Gasteiger partial charge in [0.1, 0.15) is 21.4 Å². The Morgan fingerprint density at radius 1 is 1.11 bits per heavy atom. The second kappa shape index (κ2) is 8.19. The molecule has 2 heterocycles. The number of rotatable bonds is 6. The molecule has 0 atom stereocenters. The number of sulfonamides is 2. The Morgan fingerprint density at radius 2 is 1.82 bits per heavy atom. The van der Waals surface area contributed by atoms with Gasteiger partial charge in [0.2, 0.25) is 20.0 Å². The van der Waals surface area contributed by atoms with Crippen molar-refractivity contribution in [2.75, 3.05) is 19.6 Å². The molecular weight excluding hydrogens is 412 g/mol. The summed E-state index contributed by atoms with van der Waals surface area (Å²) in [5.74, 6) is -2.12. The monoisotopic (exact) mass is 431 g/mol. The Kier molecular flexibility index (Phi) is 6.08. The first kappa shape index (κ1) is 20.8. The highest BCUT2D eigenvalue weighted by atomic mass is 32.2. The summed E-state index contributed by atoms with van der Waals surface area (Å²) in [6.07, 6.45) is 3.68. The average molecular weight is 431 g/mol. The molecule has 2 aromatic rings. The van der Waals surface area contributed by atoms with Gasteiger partial charge in [0.05, 0.1) is 0 Å². The zero-order valence-corrected chi connectivity index (χ0v) is 16.4. The Morgan fingerprint density at radius 3 is 2.43 bits per heavy atom. The molecule has 152 valence electrons. The van der Waals surface area contributed by atoms with Gasteiger partial charge >= 0.3 is 0 Å². The number of pyridine rings is 1. The highest BCUT2D eigenvalue weighted by Gasteiger charge is 2.30. The highest BCUT2D eigenvalue weighted by molar-refractivity contribution is 7.89. The van der Waals surface area contributed by atoms with Crippen molar-refractivity contribution in [1.82, 2.24) is 14.0 Å². The Balaban J connectivity index is 1.59. The largest absolute Gasteiger partial charge is 0.263 e. The zero-order chi connectivity index (χ0) is 20.4. The summed E-state index contributed by atoms with van der Waals surface area (Å²) in [6.45, 7) is 0.531. The summed E-state index contributed by atoms with van der Waals surface area (Å²) < 4.78 is 79.9. The normalized spacial score (nSPS) is 16.9. The fraction of sp³-hybridized carbons (Fsp3) is 0.353.